The lowest BCUT2D eigenvalue weighted by Gasteiger charge is -2.63. The van der Waals surface area contributed by atoms with Crippen LogP contribution in [0.25, 0.3) is 0 Å². The van der Waals surface area contributed by atoms with Crippen LogP contribution in [0.2, 0.25) is 0 Å². The molecule has 0 unspecified atom stereocenters. The fraction of sp³-hybridized carbons (Fsp3) is 0.885. The maximum atomic E-state index is 12.3. The molecule has 0 heterocycles. The summed E-state index contributed by atoms with van der Waals surface area (Å²) < 4.78 is 5.93. The first-order valence-corrected chi connectivity index (χ1v) is 13.2. The molecule has 7 atom stereocenters. The van der Waals surface area contributed by atoms with Crippen LogP contribution in [0.1, 0.15) is 78.1 Å². The lowest BCUT2D eigenvalue weighted by Crippen LogP contribution is -2.62. The smallest absolute Gasteiger partial charge is 0.206 e. The fourth-order valence-electron chi connectivity index (χ4n) is 8.35. The number of guanidine groups is 1. The first-order valence-electron chi connectivity index (χ1n) is 13.2. The highest BCUT2D eigenvalue weighted by Gasteiger charge is 2.68. The normalized spacial score (nSPS) is 42.6. The average molecular weight is 475 g/mol. The van der Waals surface area contributed by atoms with E-state index in [0.717, 1.165) is 76.5 Å². The van der Waals surface area contributed by atoms with Crippen molar-refractivity contribution in [3.8, 4) is 0 Å². The van der Waals surface area contributed by atoms with E-state index in [0.29, 0.717) is 30.3 Å². The molecule has 0 saturated heterocycles. The molecule has 4 aliphatic carbocycles. The number of fused-ring (bicyclic) bond motifs is 5. The topological polar surface area (TPSA) is 131 Å². The third-order valence-electron chi connectivity index (χ3n) is 10.3. The molecular weight excluding hydrogens is 428 g/mol. The first-order chi connectivity index (χ1) is 16.0. The van der Waals surface area contributed by atoms with Gasteiger partial charge in [0.25, 0.3) is 0 Å². The van der Waals surface area contributed by atoms with E-state index in [1.165, 1.54) is 0 Å². The SMILES string of the molecule is CN(C)CCCOC(=N)[C@H]1CC[C@]2(O)[C@@H]3CC[C@@H]4CC(=NNC(=N)N)CC[C@]4(C)[C@H]3CC[C@]12C. The van der Waals surface area contributed by atoms with Crippen molar-refractivity contribution in [3.05, 3.63) is 0 Å². The summed E-state index contributed by atoms with van der Waals surface area (Å²) >= 11 is 0. The van der Waals surface area contributed by atoms with Crippen LogP contribution in [0, 0.1) is 45.3 Å². The third kappa shape index (κ3) is 4.25. The van der Waals surface area contributed by atoms with Crippen LogP contribution in [-0.2, 0) is 4.74 Å². The largest absolute Gasteiger partial charge is 0.481 e. The maximum Gasteiger partial charge on any atom is 0.206 e. The van der Waals surface area contributed by atoms with Crippen molar-refractivity contribution in [1.82, 2.24) is 10.3 Å². The minimum absolute atomic E-state index is 0.0195. The van der Waals surface area contributed by atoms with Crippen molar-refractivity contribution in [2.24, 2.45) is 45.3 Å². The Hall–Kier alpha value is -1.67. The number of nitrogens with zero attached hydrogens (tertiary/aromatic N) is 2. The standard InChI is InChI=1S/C26H46N6O2/c1-24-11-8-18(30-31-23(28)29)16-17(24)6-7-20-19(24)9-12-25(2)21(10-13-26(20,25)33)22(27)34-15-5-14-32(3)4/h17,19-21,27,33H,5-16H2,1-4H3,(H4,28,29,31)/t17-,19+,20-,21-,24+,25-,26+/m1/s1. The molecule has 0 radical (unpaired) electrons. The number of hydrogen-bond donors (Lipinski definition) is 5. The monoisotopic (exact) mass is 474 g/mol. The average Bonchev–Trinajstić information content (AvgIpc) is 3.06. The number of nitrogens with two attached hydrogens (primary N) is 1. The van der Waals surface area contributed by atoms with Gasteiger partial charge >= 0.3 is 0 Å². The van der Waals surface area contributed by atoms with Gasteiger partial charge in [0, 0.05) is 23.6 Å². The summed E-state index contributed by atoms with van der Waals surface area (Å²) in [5.74, 6) is 1.69. The van der Waals surface area contributed by atoms with Crippen LogP contribution >= 0.6 is 0 Å². The Morgan fingerprint density at radius 3 is 2.62 bits per heavy atom. The fourth-order valence-corrected chi connectivity index (χ4v) is 8.35. The summed E-state index contributed by atoms with van der Waals surface area (Å²) in [5, 5.41) is 32.8. The highest BCUT2D eigenvalue weighted by molar-refractivity contribution is 5.87. The van der Waals surface area contributed by atoms with Gasteiger partial charge < -0.3 is 20.5 Å². The number of nitrogens with one attached hydrogen (secondary N) is 3. The highest BCUT2D eigenvalue weighted by Crippen LogP contribution is 2.69. The Labute approximate surface area is 205 Å². The van der Waals surface area contributed by atoms with Gasteiger partial charge in [-0.05, 0) is 101 Å². The van der Waals surface area contributed by atoms with Crippen LogP contribution in [-0.4, -0.2) is 60.4 Å². The molecule has 4 aliphatic rings. The van der Waals surface area contributed by atoms with E-state index in [9.17, 15) is 5.11 Å². The molecule has 6 N–H and O–H groups in total. The number of hydrazone groups is 1. The molecule has 4 rings (SSSR count). The molecular formula is C26H46N6O2. The van der Waals surface area contributed by atoms with Crippen LogP contribution in [0.4, 0.5) is 0 Å². The summed E-state index contributed by atoms with van der Waals surface area (Å²) in [5.41, 5.74) is 8.40. The minimum Gasteiger partial charge on any atom is -0.481 e. The Morgan fingerprint density at radius 2 is 1.91 bits per heavy atom. The van der Waals surface area contributed by atoms with Gasteiger partial charge in [-0.25, -0.2) is 5.43 Å². The second-order valence-electron chi connectivity index (χ2n) is 12.2. The Morgan fingerprint density at radius 1 is 1.15 bits per heavy atom. The number of ether oxygens (including phenoxy) is 1. The van der Waals surface area contributed by atoms with E-state index in [4.69, 9.17) is 21.3 Å². The zero-order valence-electron chi connectivity index (χ0n) is 21.6. The molecule has 0 spiro atoms. The molecule has 4 saturated carbocycles. The maximum absolute atomic E-state index is 12.3. The molecule has 0 bridgehead atoms. The van der Waals surface area contributed by atoms with E-state index in [-0.39, 0.29) is 22.7 Å². The Bertz CT molecular complexity index is 830. The summed E-state index contributed by atoms with van der Waals surface area (Å²) in [6.07, 6.45) is 9.79. The van der Waals surface area contributed by atoms with E-state index >= 15 is 0 Å². The molecule has 0 aromatic heterocycles. The summed E-state index contributed by atoms with van der Waals surface area (Å²) in [6.45, 7) is 6.24. The number of rotatable bonds is 6. The van der Waals surface area contributed by atoms with Gasteiger partial charge in [0.15, 0.2) is 5.90 Å². The predicted octanol–water partition coefficient (Wildman–Crippen LogP) is 3.54. The summed E-state index contributed by atoms with van der Waals surface area (Å²) in [6, 6.07) is 0. The van der Waals surface area contributed by atoms with Crippen LogP contribution in [0.3, 0.4) is 0 Å². The molecule has 0 aliphatic heterocycles. The quantitative estimate of drug-likeness (QED) is 0.174. The van der Waals surface area contributed by atoms with E-state index in [2.05, 4.69) is 43.4 Å². The van der Waals surface area contributed by atoms with Crippen LogP contribution in [0.5, 0.6) is 0 Å². The molecule has 192 valence electrons. The molecule has 8 nitrogen and oxygen atoms in total. The van der Waals surface area contributed by atoms with Gasteiger partial charge in [-0.1, -0.05) is 13.8 Å². The zero-order valence-corrected chi connectivity index (χ0v) is 21.6. The molecule has 8 heteroatoms. The van der Waals surface area contributed by atoms with Crippen molar-refractivity contribution in [2.75, 3.05) is 27.2 Å². The van der Waals surface area contributed by atoms with Gasteiger partial charge in [0.1, 0.15) is 0 Å². The molecule has 34 heavy (non-hydrogen) atoms. The second-order valence-corrected chi connectivity index (χ2v) is 12.2. The van der Waals surface area contributed by atoms with E-state index in [1.54, 1.807) is 0 Å². The second kappa shape index (κ2) is 9.41. The van der Waals surface area contributed by atoms with Crippen LogP contribution in [0.15, 0.2) is 5.10 Å². The molecule has 0 aromatic rings. The third-order valence-corrected chi connectivity index (χ3v) is 10.3. The van der Waals surface area contributed by atoms with Gasteiger partial charge in [-0.3, -0.25) is 10.8 Å². The Balaban J connectivity index is 1.46. The van der Waals surface area contributed by atoms with Gasteiger partial charge in [-0.2, -0.15) is 5.10 Å². The lowest BCUT2D eigenvalue weighted by atomic mass is 9.43. The van der Waals surface area contributed by atoms with Gasteiger partial charge in [-0.15, -0.1) is 0 Å². The van der Waals surface area contributed by atoms with E-state index in [1.807, 2.05) is 0 Å². The highest BCUT2D eigenvalue weighted by atomic mass is 16.5. The van der Waals surface area contributed by atoms with E-state index < -0.39 is 5.60 Å². The van der Waals surface area contributed by atoms with Crippen molar-refractivity contribution in [1.29, 1.82) is 10.8 Å². The predicted molar refractivity (Wildman–Crippen MR) is 136 cm³/mol. The minimum atomic E-state index is -0.710. The molecule has 0 amide bonds. The van der Waals surface area contributed by atoms with Crippen molar-refractivity contribution in [3.63, 3.8) is 0 Å². The van der Waals surface area contributed by atoms with Crippen molar-refractivity contribution < 1.29 is 9.84 Å². The lowest BCUT2D eigenvalue weighted by molar-refractivity contribution is -0.199. The summed E-state index contributed by atoms with van der Waals surface area (Å²) in [7, 11) is 4.11. The number of hydrogen-bond acceptors (Lipinski definition) is 6. The zero-order chi connectivity index (χ0) is 24.7. The molecule has 4 fully saturated rings. The molecule has 0 aromatic carbocycles. The van der Waals surface area contributed by atoms with Gasteiger partial charge in [0.05, 0.1) is 12.2 Å². The first kappa shape index (κ1) is 25.4. The van der Waals surface area contributed by atoms with Crippen molar-refractivity contribution >= 4 is 17.6 Å². The number of aliphatic hydroxyl groups is 1. The van der Waals surface area contributed by atoms with Gasteiger partial charge in [0.2, 0.25) is 5.96 Å². The van der Waals surface area contributed by atoms with Crippen LogP contribution < -0.4 is 11.2 Å². The summed E-state index contributed by atoms with van der Waals surface area (Å²) in [4.78, 5) is 2.14. The Kier molecular flexibility index (Phi) is 7.04. The van der Waals surface area contributed by atoms with Crippen molar-refractivity contribution in [2.45, 2.75) is 83.7 Å².